The van der Waals surface area contributed by atoms with Crippen LogP contribution in [-0.4, -0.2) is 24.8 Å². The molecule has 1 aliphatic rings. The molecule has 3 aromatic carbocycles. The maximum absolute atomic E-state index is 12.8. The molecule has 0 spiro atoms. The van der Waals surface area contributed by atoms with Crippen molar-refractivity contribution in [3.63, 3.8) is 0 Å². The number of ether oxygens (including phenoxy) is 1. The quantitative estimate of drug-likeness (QED) is 0.518. The molecule has 1 heterocycles. The molecule has 0 unspecified atom stereocenters. The van der Waals surface area contributed by atoms with Crippen molar-refractivity contribution >= 4 is 35.2 Å². The number of imide groups is 1. The highest BCUT2D eigenvalue weighted by molar-refractivity contribution is 6.34. The fourth-order valence-corrected chi connectivity index (χ4v) is 3.28. The topological polar surface area (TPSA) is 75.7 Å². The number of carbonyl (C=O) groups is 3. The van der Waals surface area contributed by atoms with Gasteiger partial charge in [-0.25, -0.2) is 4.90 Å². The zero-order chi connectivity index (χ0) is 21.1. The van der Waals surface area contributed by atoms with Crippen molar-refractivity contribution in [2.45, 2.75) is 0 Å². The Morgan fingerprint density at radius 1 is 0.900 bits per heavy atom. The molecule has 3 amide bonds. The molecule has 148 valence electrons. The van der Waals surface area contributed by atoms with Gasteiger partial charge in [0.05, 0.1) is 23.9 Å². The average Bonchev–Trinajstić information content (AvgIpc) is 3.02. The van der Waals surface area contributed by atoms with Crippen molar-refractivity contribution in [2.75, 3.05) is 17.3 Å². The summed E-state index contributed by atoms with van der Waals surface area (Å²) in [7, 11) is 1.56. The summed E-state index contributed by atoms with van der Waals surface area (Å²) in [5, 5.41) is 2.72. The number of fused-ring (bicyclic) bond motifs is 1. The maximum Gasteiger partial charge on any atom is 0.266 e. The molecule has 0 aliphatic carbocycles. The molecule has 0 saturated carbocycles. The van der Waals surface area contributed by atoms with Gasteiger partial charge in [-0.3, -0.25) is 14.4 Å². The van der Waals surface area contributed by atoms with Crippen molar-refractivity contribution < 1.29 is 19.1 Å². The van der Waals surface area contributed by atoms with E-state index in [0.29, 0.717) is 22.7 Å². The van der Waals surface area contributed by atoms with Crippen molar-refractivity contribution in [3.8, 4) is 5.75 Å². The normalized spacial score (nSPS) is 12.9. The number of anilines is 2. The third-order valence-corrected chi connectivity index (χ3v) is 4.72. The number of nitrogens with one attached hydrogen (secondary N) is 1. The van der Waals surface area contributed by atoms with Crippen LogP contribution in [0.4, 0.5) is 11.4 Å². The van der Waals surface area contributed by atoms with E-state index < -0.39 is 5.91 Å². The van der Waals surface area contributed by atoms with Gasteiger partial charge in [0, 0.05) is 17.3 Å². The third kappa shape index (κ3) is 3.58. The summed E-state index contributed by atoms with van der Waals surface area (Å²) in [6, 6.07) is 20.8. The molecule has 30 heavy (non-hydrogen) atoms. The number of hydrogen-bond acceptors (Lipinski definition) is 4. The number of benzene rings is 3. The SMILES string of the molecule is COc1ccccc1/C=C/C(=O)Nc1ccc2c(c1)C(=O)N(c1ccccc1)C2=O. The molecule has 1 N–H and O–H groups in total. The van der Waals surface area contributed by atoms with Gasteiger partial charge in [-0.15, -0.1) is 0 Å². The first-order valence-electron chi connectivity index (χ1n) is 9.28. The van der Waals surface area contributed by atoms with Crippen molar-refractivity contribution in [1.82, 2.24) is 0 Å². The molecule has 0 fully saturated rings. The molecule has 0 aromatic heterocycles. The smallest absolute Gasteiger partial charge is 0.266 e. The van der Waals surface area contributed by atoms with Gasteiger partial charge in [-0.1, -0.05) is 36.4 Å². The van der Waals surface area contributed by atoms with E-state index in [1.54, 1.807) is 55.7 Å². The third-order valence-electron chi connectivity index (χ3n) is 4.72. The molecule has 3 aromatic rings. The van der Waals surface area contributed by atoms with Crippen LogP contribution in [0.15, 0.2) is 78.9 Å². The molecule has 0 atom stereocenters. The summed E-state index contributed by atoms with van der Waals surface area (Å²) in [5.74, 6) is -0.501. The molecule has 4 rings (SSSR count). The largest absolute Gasteiger partial charge is 0.496 e. The number of methoxy groups -OCH3 is 1. The second-order valence-corrected chi connectivity index (χ2v) is 6.61. The molecule has 0 saturated heterocycles. The van der Waals surface area contributed by atoms with E-state index in [1.807, 2.05) is 24.3 Å². The van der Waals surface area contributed by atoms with Crippen LogP contribution in [0.2, 0.25) is 0 Å². The summed E-state index contributed by atoms with van der Waals surface area (Å²) in [4.78, 5) is 38.9. The number of carbonyl (C=O) groups excluding carboxylic acids is 3. The van der Waals surface area contributed by atoms with E-state index in [2.05, 4.69) is 5.32 Å². The van der Waals surface area contributed by atoms with E-state index in [4.69, 9.17) is 4.74 Å². The Morgan fingerprint density at radius 3 is 2.37 bits per heavy atom. The van der Waals surface area contributed by atoms with E-state index in [0.717, 1.165) is 10.5 Å². The van der Waals surface area contributed by atoms with Crippen LogP contribution in [0.3, 0.4) is 0 Å². The minimum Gasteiger partial charge on any atom is -0.496 e. The van der Waals surface area contributed by atoms with Gasteiger partial charge in [0.1, 0.15) is 5.75 Å². The fraction of sp³-hybridized carbons (Fsp3) is 0.0417. The Labute approximate surface area is 173 Å². The van der Waals surface area contributed by atoms with Crippen LogP contribution in [0, 0.1) is 0 Å². The predicted molar refractivity (Wildman–Crippen MR) is 115 cm³/mol. The van der Waals surface area contributed by atoms with Gasteiger partial charge >= 0.3 is 0 Å². The van der Waals surface area contributed by atoms with E-state index in [1.165, 1.54) is 12.1 Å². The molecular weight excluding hydrogens is 380 g/mol. The Bertz CT molecular complexity index is 1170. The van der Waals surface area contributed by atoms with Crippen LogP contribution in [0.1, 0.15) is 26.3 Å². The van der Waals surface area contributed by atoms with Crippen LogP contribution < -0.4 is 15.0 Å². The zero-order valence-corrected chi connectivity index (χ0v) is 16.2. The predicted octanol–water partition coefficient (Wildman–Crippen LogP) is 4.15. The first-order chi connectivity index (χ1) is 14.6. The molecule has 6 nitrogen and oxygen atoms in total. The van der Waals surface area contributed by atoms with Gasteiger partial charge in [0.25, 0.3) is 11.8 Å². The molecule has 6 heteroatoms. The summed E-state index contributed by atoms with van der Waals surface area (Å²) >= 11 is 0. The summed E-state index contributed by atoms with van der Waals surface area (Å²) in [5.41, 5.74) is 2.28. The number of para-hydroxylation sites is 2. The number of amides is 3. The lowest BCUT2D eigenvalue weighted by Gasteiger charge is -2.13. The summed E-state index contributed by atoms with van der Waals surface area (Å²) < 4.78 is 5.26. The van der Waals surface area contributed by atoms with Crippen LogP contribution in [-0.2, 0) is 4.79 Å². The Morgan fingerprint density at radius 2 is 1.60 bits per heavy atom. The van der Waals surface area contributed by atoms with Gasteiger partial charge < -0.3 is 10.1 Å². The molecule has 0 radical (unpaired) electrons. The standard InChI is InChI=1S/C24H18N2O4/c1-30-21-10-6-5-7-16(21)11-14-22(27)25-17-12-13-19-20(15-17)24(29)26(23(19)28)18-8-3-2-4-9-18/h2-15H,1H3,(H,25,27)/b14-11+. The molecular formula is C24H18N2O4. The highest BCUT2D eigenvalue weighted by Crippen LogP contribution is 2.30. The maximum atomic E-state index is 12.8. The monoisotopic (exact) mass is 398 g/mol. The van der Waals surface area contributed by atoms with E-state index >= 15 is 0 Å². The van der Waals surface area contributed by atoms with Crippen molar-refractivity contribution in [2.24, 2.45) is 0 Å². The Balaban J connectivity index is 1.53. The van der Waals surface area contributed by atoms with Gasteiger partial charge in [0.15, 0.2) is 0 Å². The van der Waals surface area contributed by atoms with E-state index in [9.17, 15) is 14.4 Å². The lowest BCUT2D eigenvalue weighted by Crippen LogP contribution is -2.29. The highest BCUT2D eigenvalue weighted by atomic mass is 16.5. The minimum absolute atomic E-state index is 0.260. The fourth-order valence-electron chi connectivity index (χ4n) is 3.28. The van der Waals surface area contributed by atoms with Crippen LogP contribution in [0.5, 0.6) is 5.75 Å². The lowest BCUT2D eigenvalue weighted by atomic mass is 10.1. The first kappa shape index (κ1) is 19.1. The van der Waals surface area contributed by atoms with Crippen LogP contribution in [0.25, 0.3) is 6.08 Å². The summed E-state index contributed by atoms with van der Waals surface area (Å²) in [6.45, 7) is 0. The second-order valence-electron chi connectivity index (χ2n) is 6.61. The number of nitrogens with zero attached hydrogens (tertiary/aromatic N) is 1. The Kier molecular flexibility index (Phi) is 5.13. The van der Waals surface area contributed by atoms with Crippen molar-refractivity contribution in [3.05, 3.63) is 95.6 Å². The van der Waals surface area contributed by atoms with Crippen molar-refractivity contribution in [1.29, 1.82) is 0 Å². The highest BCUT2D eigenvalue weighted by Gasteiger charge is 2.36. The number of hydrogen-bond donors (Lipinski definition) is 1. The van der Waals surface area contributed by atoms with Crippen LogP contribution >= 0.6 is 0 Å². The Hall–Kier alpha value is -4.19. The van der Waals surface area contributed by atoms with Gasteiger partial charge in [-0.05, 0) is 42.5 Å². The molecule has 1 aliphatic heterocycles. The first-order valence-corrected chi connectivity index (χ1v) is 9.28. The van der Waals surface area contributed by atoms with Gasteiger partial charge in [-0.2, -0.15) is 0 Å². The van der Waals surface area contributed by atoms with E-state index in [-0.39, 0.29) is 17.4 Å². The lowest BCUT2D eigenvalue weighted by molar-refractivity contribution is -0.111. The minimum atomic E-state index is -0.415. The summed E-state index contributed by atoms with van der Waals surface area (Å²) in [6.07, 6.45) is 3.03. The second kappa shape index (κ2) is 8.05. The number of rotatable bonds is 5. The van der Waals surface area contributed by atoms with Gasteiger partial charge in [0.2, 0.25) is 5.91 Å². The zero-order valence-electron chi connectivity index (χ0n) is 16.2. The average molecular weight is 398 g/mol. The molecule has 0 bridgehead atoms.